The first-order valence-corrected chi connectivity index (χ1v) is 11.5. The van der Waals surface area contributed by atoms with Crippen LogP contribution in [0.25, 0.3) is 10.9 Å². The molecule has 2 aromatic heterocycles. The molecule has 182 valence electrons. The number of aromatic nitrogens is 3. The van der Waals surface area contributed by atoms with Gasteiger partial charge < -0.3 is 28.6 Å². The lowest BCUT2D eigenvalue weighted by Crippen LogP contribution is -2.36. The van der Waals surface area contributed by atoms with Crippen molar-refractivity contribution < 1.29 is 23.7 Å². The van der Waals surface area contributed by atoms with Crippen molar-refractivity contribution in [2.45, 2.75) is 32.3 Å². The van der Waals surface area contributed by atoms with Crippen LogP contribution in [0, 0.1) is 0 Å². The molecule has 1 fully saturated rings. The molecule has 0 spiro atoms. The van der Waals surface area contributed by atoms with E-state index in [1.165, 1.54) is 0 Å². The summed E-state index contributed by atoms with van der Waals surface area (Å²) < 4.78 is 28.1. The smallest absolute Gasteiger partial charge is 0.256 e. The zero-order valence-corrected chi connectivity index (χ0v) is 20.2. The van der Waals surface area contributed by atoms with Crippen LogP contribution in [0.3, 0.4) is 0 Å². The molecule has 1 saturated heterocycles. The van der Waals surface area contributed by atoms with Crippen molar-refractivity contribution in [1.29, 1.82) is 0 Å². The van der Waals surface area contributed by atoms with Crippen molar-refractivity contribution in [3.63, 3.8) is 0 Å². The van der Waals surface area contributed by atoms with Crippen molar-refractivity contribution >= 4 is 16.7 Å². The van der Waals surface area contributed by atoms with Gasteiger partial charge in [-0.25, -0.2) is 15.0 Å². The van der Waals surface area contributed by atoms with E-state index < -0.39 is 5.60 Å². The van der Waals surface area contributed by atoms with Crippen molar-refractivity contribution in [1.82, 2.24) is 15.0 Å². The number of morpholine rings is 1. The van der Waals surface area contributed by atoms with Gasteiger partial charge in [0.25, 0.3) is 5.88 Å². The highest BCUT2D eigenvalue weighted by Gasteiger charge is 2.21. The second-order valence-electron chi connectivity index (χ2n) is 8.67. The van der Waals surface area contributed by atoms with Gasteiger partial charge in [-0.2, -0.15) is 0 Å². The highest BCUT2D eigenvalue weighted by atomic mass is 16.5. The van der Waals surface area contributed by atoms with E-state index in [0.29, 0.717) is 24.0 Å². The van der Waals surface area contributed by atoms with Crippen LogP contribution >= 0.6 is 0 Å². The van der Waals surface area contributed by atoms with E-state index in [1.807, 2.05) is 32.0 Å². The molecule has 9 nitrogen and oxygen atoms in total. The molecule has 1 aliphatic heterocycles. The fourth-order valence-electron chi connectivity index (χ4n) is 3.97. The lowest BCUT2D eigenvalue weighted by molar-refractivity contribution is 0.0902. The van der Waals surface area contributed by atoms with Gasteiger partial charge in [-0.05, 0) is 38.8 Å². The van der Waals surface area contributed by atoms with E-state index in [9.17, 15) is 0 Å². The standard InChI is InChI=1S/C25H32N4O5/c1-25(2,34-19-15-22(30-3)24(31-4)26-16-19)8-5-11-33-18-6-7-20-21(14-18)27-17-28-23(20)29-9-12-32-13-10-29/h6-7,14-17H,5,8-13H2,1-4H3. The number of anilines is 1. The molecule has 0 unspecified atom stereocenters. The van der Waals surface area contributed by atoms with Gasteiger partial charge in [0.15, 0.2) is 5.75 Å². The minimum Gasteiger partial charge on any atom is -0.494 e. The van der Waals surface area contributed by atoms with Crippen molar-refractivity contribution in [2.24, 2.45) is 0 Å². The van der Waals surface area contributed by atoms with Crippen LogP contribution < -0.4 is 23.8 Å². The largest absolute Gasteiger partial charge is 0.494 e. The molecule has 1 aliphatic rings. The van der Waals surface area contributed by atoms with E-state index in [-0.39, 0.29) is 0 Å². The molecule has 34 heavy (non-hydrogen) atoms. The summed E-state index contributed by atoms with van der Waals surface area (Å²) in [6.07, 6.45) is 4.88. The average molecular weight is 469 g/mol. The van der Waals surface area contributed by atoms with Gasteiger partial charge in [0, 0.05) is 30.6 Å². The molecule has 9 heteroatoms. The molecule has 3 heterocycles. The second-order valence-corrected chi connectivity index (χ2v) is 8.67. The Morgan fingerprint density at radius 1 is 1.00 bits per heavy atom. The first-order chi connectivity index (χ1) is 16.5. The topological polar surface area (TPSA) is 88.1 Å². The third kappa shape index (κ3) is 5.77. The monoisotopic (exact) mass is 468 g/mol. The Bertz CT molecular complexity index is 1100. The van der Waals surface area contributed by atoms with Gasteiger partial charge >= 0.3 is 0 Å². The summed E-state index contributed by atoms with van der Waals surface area (Å²) in [4.78, 5) is 15.4. The zero-order chi connectivity index (χ0) is 24.0. The first kappa shape index (κ1) is 23.8. The van der Waals surface area contributed by atoms with Crippen LogP contribution in [0.1, 0.15) is 26.7 Å². The first-order valence-electron chi connectivity index (χ1n) is 11.5. The normalized spacial score (nSPS) is 14.2. The maximum absolute atomic E-state index is 6.14. The number of rotatable bonds is 10. The summed E-state index contributed by atoms with van der Waals surface area (Å²) in [6, 6.07) is 7.77. The van der Waals surface area contributed by atoms with Crippen LogP contribution in [0.15, 0.2) is 36.8 Å². The zero-order valence-electron chi connectivity index (χ0n) is 20.2. The van der Waals surface area contributed by atoms with E-state index in [1.54, 1.807) is 32.8 Å². The predicted octanol–water partition coefficient (Wildman–Crippen LogP) is 3.90. The number of benzene rings is 1. The van der Waals surface area contributed by atoms with Gasteiger partial charge in [-0.3, -0.25) is 0 Å². The number of nitrogens with zero attached hydrogens (tertiary/aromatic N) is 4. The SMILES string of the molecule is COc1cc(OC(C)(C)CCCOc2ccc3c(N4CCOCC4)ncnc3c2)cnc1OC. The van der Waals surface area contributed by atoms with Gasteiger partial charge in [-0.15, -0.1) is 0 Å². The number of pyridine rings is 1. The highest BCUT2D eigenvalue weighted by molar-refractivity contribution is 5.90. The second kappa shape index (κ2) is 10.7. The Kier molecular flexibility index (Phi) is 7.52. The number of ether oxygens (including phenoxy) is 5. The van der Waals surface area contributed by atoms with Crippen molar-refractivity contribution in [3.05, 3.63) is 36.8 Å². The van der Waals surface area contributed by atoms with Crippen LogP contribution in [0.2, 0.25) is 0 Å². The summed E-state index contributed by atoms with van der Waals surface area (Å²) in [5.74, 6) is 3.34. The molecule has 0 radical (unpaired) electrons. The Morgan fingerprint density at radius 3 is 2.59 bits per heavy atom. The lowest BCUT2D eigenvalue weighted by atomic mass is 10.0. The van der Waals surface area contributed by atoms with Crippen LogP contribution in [-0.4, -0.2) is 67.7 Å². The third-order valence-electron chi connectivity index (χ3n) is 5.69. The Hall–Kier alpha value is -3.33. The van der Waals surface area contributed by atoms with Gasteiger partial charge in [-0.1, -0.05) is 0 Å². The number of fused-ring (bicyclic) bond motifs is 1. The summed E-state index contributed by atoms with van der Waals surface area (Å²) in [7, 11) is 3.13. The van der Waals surface area contributed by atoms with Gasteiger partial charge in [0.1, 0.15) is 29.2 Å². The third-order valence-corrected chi connectivity index (χ3v) is 5.69. The molecule has 0 aliphatic carbocycles. The fourth-order valence-corrected chi connectivity index (χ4v) is 3.97. The maximum atomic E-state index is 6.14. The molecule has 0 amide bonds. The molecule has 0 atom stereocenters. The number of hydrogen-bond donors (Lipinski definition) is 0. The molecule has 3 aromatic rings. The van der Waals surface area contributed by atoms with E-state index >= 15 is 0 Å². The molecule has 0 bridgehead atoms. The Morgan fingerprint density at radius 2 is 1.82 bits per heavy atom. The summed E-state index contributed by atoms with van der Waals surface area (Å²) in [6.45, 7) is 7.77. The van der Waals surface area contributed by atoms with E-state index in [2.05, 4.69) is 19.9 Å². The molecule has 0 saturated carbocycles. The minimum atomic E-state index is -0.395. The van der Waals surface area contributed by atoms with Gasteiger partial charge in [0.05, 0.1) is 45.8 Å². The number of methoxy groups -OCH3 is 2. The van der Waals surface area contributed by atoms with Crippen LogP contribution in [-0.2, 0) is 4.74 Å². The average Bonchev–Trinajstić information content (AvgIpc) is 2.86. The van der Waals surface area contributed by atoms with E-state index in [0.717, 1.165) is 61.6 Å². The molecule has 1 aromatic carbocycles. The Labute approximate surface area is 200 Å². The number of hydrogen-bond acceptors (Lipinski definition) is 9. The fraction of sp³-hybridized carbons (Fsp3) is 0.480. The Balaban J connectivity index is 1.32. The lowest BCUT2D eigenvalue weighted by Gasteiger charge is -2.28. The van der Waals surface area contributed by atoms with Crippen LogP contribution in [0.4, 0.5) is 5.82 Å². The molecule has 0 N–H and O–H groups in total. The van der Waals surface area contributed by atoms with Crippen LogP contribution in [0.5, 0.6) is 23.1 Å². The predicted molar refractivity (Wildman–Crippen MR) is 129 cm³/mol. The molecular weight excluding hydrogens is 436 g/mol. The summed E-state index contributed by atoms with van der Waals surface area (Å²) in [5, 5.41) is 1.02. The highest BCUT2D eigenvalue weighted by Crippen LogP contribution is 2.31. The molecule has 4 rings (SSSR count). The van der Waals surface area contributed by atoms with E-state index in [4.69, 9.17) is 23.7 Å². The van der Waals surface area contributed by atoms with Crippen molar-refractivity contribution in [3.8, 4) is 23.1 Å². The molecular formula is C25H32N4O5. The summed E-state index contributed by atoms with van der Waals surface area (Å²) >= 11 is 0. The maximum Gasteiger partial charge on any atom is 0.256 e. The van der Waals surface area contributed by atoms with Crippen molar-refractivity contribution in [2.75, 3.05) is 52.0 Å². The summed E-state index contributed by atoms with van der Waals surface area (Å²) in [5.41, 5.74) is 0.479. The minimum absolute atomic E-state index is 0.395. The quantitative estimate of drug-likeness (QED) is 0.411. The van der Waals surface area contributed by atoms with Gasteiger partial charge in [0.2, 0.25) is 0 Å².